The Hall–Kier alpha value is -2.45. The molecule has 2 heterocycles. The molecular formula is C20H27ClN4O4. The number of halogens is 1. The number of methoxy groups -OCH3 is 3. The van der Waals surface area contributed by atoms with E-state index in [1.807, 2.05) is 24.0 Å². The summed E-state index contributed by atoms with van der Waals surface area (Å²) in [5.74, 6) is 1.92. The van der Waals surface area contributed by atoms with Gasteiger partial charge in [-0.25, -0.2) is 0 Å². The van der Waals surface area contributed by atoms with Gasteiger partial charge in [0, 0.05) is 38.9 Å². The van der Waals surface area contributed by atoms with Crippen LogP contribution in [0.1, 0.15) is 18.5 Å². The van der Waals surface area contributed by atoms with Crippen molar-refractivity contribution in [3.63, 3.8) is 0 Å². The molecule has 1 aromatic carbocycles. The first-order valence-electron chi connectivity index (χ1n) is 9.46. The van der Waals surface area contributed by atoms with E-state index in [1.54, 1.807) is 38.4 Å². The van der Waals surface area contributed by atoms with E-state index < -0.39 is 0 Å². The minimum Gasteiger partial charge on any atom is -0.493 e. The lowest BCUT2D eigenvalue weighted by molar-refractivity contribution is -0.136. The third-order valence-electron chi connectivity index (χ3n) is 5.14. The van der Waals surface area contributed by atoms with Crippen molar-refractivity contribution in [1.29, 1.82) is 0 Å². The van der Waals surface area contributed by atoms with Crippen molar-refractivity contribution in [3.8, 4) is 17.2 Å². The van der Waals surface area contributed by atoms with Crippen LogP contribution in [0.25, 0.3) is 0 Å². The van der Waals surface area contributed by atoms with E-state index in [1.165, 1.54) is 0 Å². The molecule has 3 rings (SSSR count). The molecule has 29 heavy (non-hydrogen) atoms. The zero-order valence-electron chi connectivity index (χ0n) is 17.2. The van der Waals surface area contributed by atoms with Gasteiger partial charge in [0.05, 0.1) is 32.5 Å². The quantitative estimate of drug-likeness (QED) is 0.682. The second kappa shape index (κ2) is 9.37. The van der Waals surface area contributed by atoms with E-state index >= 15 is 0 Å². The highest BCUT2D eigenvalue weighted by Gasteiger charge is 2.26. The highest BCUT2D eigenvalue weighted by molar-refractivity contribution is 6.30. The summed E-state index contributed by atoms with van der Waals surface area (Å²) in [6.07, 6.45) is 3.21. The summed E-state index contributed by atoms with van der Waals surface area (Å²) in [6.45, 7) is 5.49. The summed E-state index contributed by atoms with van der Waals surface area (Å²) < 4.78 is 17.9. The fourth-order valence-electron chi connectivity index (χ4n) is 3.52. The predicted octanol–water partition coefficient (Wildman–Crippen LogP) is 2.47. The lowest BCUT2D eigenvalue weighted by Crippen LogP contribution is -2.49. The highest BCUT2D eigenvalue weighted by Crippen LogP contribution is 2.38. The van der Waals surface area contributed by atoms with Gasteiger partial charge >= 0.3 is 0 Å². The molecule has 0 bridgehead atoms. The first-order valence-corrected chi connectivity index (χ1v) is 9.84. The van der Waals surface area contributed by atoms with Gasteiger partial charge in [-0.15, -0.1) is 0 Å². The largest absolute Gasteiger partial charge is 0.493 e. The molecule has 0 N–H and O–H groups in total. The summed E-state index contributed by atoms with van der Waals surface area (Å²) in [7, 11) is 4.81. The smallest absolute Gasteiger partial charge is 0.247 e. The molecule has 8 nitrogen and oxygen atoms in total. The van der Waals surface area contributed by atoms with E-state index in [0.717, 1.165) is 25.2 Å². The van der Waals surface area contributed by atoms with Gasteiger partial charge in [-0.2, -0.15) is 5.10 Å². The van der Waals surface area contributed by atoms with E-state index in [-0.39, 0.29) is 11.9 Å². The van der Waals surface area contributed by atoms with Crippen LogP contribution < -0.4 is 14.2 Å². The van der Waals surface area contributed by atoms with Crippen molar-refractivity contribution in [2.24, 2.45) is 0 Å². The van der Waals surface area contributed by atoms with Crippen LogP contribution in [0, 0.1) is 0 Å². The standard InChI is InChI=1S/C20H27ClN4O4/c1-14(25-13-16(21)11-22-25)20(26)24-7-5-23(6-8-24)12-15-9-17(27-2)19(29-4)18(10-15)28-3/h9-11,13-14H,5-8,12H2,1-4H3. The van der Waals surface area contributed by atoms with Gasteiger partial charge in [0.2, 0.25) is 11.7 Å². The van der Waals surface area contributed by atoms with E-state index in [4.69, 9.17) is 25.8 Å². The number of nitrogens with zero attached hydrogens (tertiary/aromatic N) is 4. The zero-order chi connectivity index (χ0) is 21.0. The SMILES string of the molecule is COc1cc(CN2CCN(C(=O)C(C)n3cc(Cl)cn3)CC2)cc(OC)c1OC. The van der Waals surface area contributed by atoms with Crippen LogP contribution in [0.3, 0.4) is 0 Å². The second-order valence-electron chi connectivity index (χ2n) is 6.95. The number of carbonyl (C=O) groups excluding carboxylic acids is 1. The van der Waals surface area contributed by atoms with Crippen LogP contribution in [0.4, 0.5) is 0 Å². The normalized spacial score (nSPS) is 15.8. The number of piperazine rings is 1. The molecule has 1 atom stereocenters. The maximum Gasteiger partial charge on any atom is 0.247 e. The molecule has 1 aliphatic rings. The van der Waals surface area contributed by atoms with E-state index in [0.29, 0.717) is 35.4 Å². The number of ether oxygens (including phenoxy) is 3. The zero-order valence-corrected chi connectivity index (χ0v) is 18.0. The maximum absolute atomic E-state index is 12.8. The summed E-state index contributed by atoms with van der Waals surface area (Å²) in [6, 6.07) is 3.55. The third kappa shape index (κ3) is 4.76. The van der Waals surface area contributed by atoms with Crippen molar-refractivity contribution in [3.05, 3.63) is 35.1 Å². The van der Waals surface area contributed by atoms with E-state index in [9.17, 15) is 4.79 Å². The van der Waals surface area contributed by atoms with Gasteiger partial charge in [0.25, 0.3) is 0 Å². The molecule has 1 amide bonds. The molecular weight excluding hydrogens is 396 g/mol. The monoisotopic (exact) mass is 422 g/mol. The number of aromatic nitrogens is 2. The molecule has 1 aromatic heterocycles. The molecule has 1 aliphatic heterocycles. The minimum atomic E-state index is -0.371. The number of hydrogen-bond acceptors (Lipinski definition) is 6. The fraction of sp³-hybridized carbons (Fsp3) is 0.500. The summed E-state index contributed by atoms with van der Waals surface area (Å²) >= 11 is 5.91. The van der Waals surface area contributed by atoms with Crippen LogP contribution in [-0.2, 0) is 11.3 Å². The highest BCUT2D eigenvalue weighted by atomic mass is 35.5. The molecule has 0 aliphatic carbocycles. The Labute approximate surface area is 175 Å². The van der Waals surface area contributed by atoms with Crippen molar-refractivity contribution in [2.75, 3.05) is 47.5 Å². The molecule has 1 fully saturated rings. The summed E-state index contributed by atoms with van der Waals surface area (Å²) in [5.41, 5.74) is 1.07. The Balaban J connectivity index is 1.60. The number of rotatable bonds is 7. The Kier molecular flexibility index (Phi) is 6.87. The fourth-order valence-corrected chi connectivity index (χ4v) is 3.66. The second-order valence-corrected chi connectivity index (χ2v) is 7.39. The van der Waals surface area contributed by atoms with Crippen molar-refractivity contribution in [1.82, 2.24) is 19.6 Å². The van der Waals surface area contributed by atoms with Crippen LogP contribution in [0.5, 0.6) is 17.2 Å². The first-order chi connectivity index (χ1) is 14.0. The average Bonchev–Trinajstić information content (AvgIpc) is 3.18. The summed E-state index contributed by atoms with van der Waals surface area (Å²) in [4.78, 5) is 17.0. The molecule has 1 unspecified atom stereocenters. The molecule has 1 saturated heterocycles. The van der Waals surface area contributed by atoms with Gasteiger partial charge < -0.3 is 19.1 Å². The van der Waals surface area contributed by atoms with Crippen LogP contribution in [-0.4, -0.2) is 73.0 Å². The minimum absolute atomic E-state index is 0.0530. The van der Waals surface area contributed by atoms with Gasteiger partial charge in [-0.05, 0) is 24.6 Å². The predicted molar refractivity (Wildman–Crippen MR) is 110 cm³/mol. The van der Waals surface area contributed by atoms with Gasteiger partial charge in [0.15, 0.2) is 11.5 Å². The van der Waals surface area contributed by atoms with Crippen molar-refractivity contribution >= 4 is 17.5 Å². The summed E-state index contributed by atoms with van der Waals surface area (Å²) in [5, 5.41) is 4.67. The first kappa shape index (κ1) is 21.3. The number of hydrogen-bond donors (Lipinski definition) is 0. The Morgan fingerprint density at radius 3 is 2.21 bits per heavy atom. The topological polar surface area (TPSA) is 69.1 Å². The molecule has 0 spiro atoms. The van der Waals surface area contributed by atoms with Gasteiger partial charge in [-0.3, -0.25) is 14.4 Å². The lowest BCUT2D eigenvalue weighted by atomic mass is 10.1. The number of benzene rings is 1. The van der Waals surface area contributed by atoms with Crippen LogP contribution >= 0.6 is 11.6 Å². The number of amides is 1. The van der Waals surface area contributed by atoms with Crippen LogP contribution in [0.15, 0.2) is 24.5 Å². The Morgan fingerprint density at radius 1 is 1.10 bits per heavy atom. The Morgan fingerprint density at radius 2 is 1.72 bits per heavy atom. The lowest BCUT2D eigenvalue weighted by Gasteiger charge is -2.36. The van der Waals surface area contributed by atoms with Crippen LogP contribution in [0.2, 0.25) is 5.02 Å². The maximum atomic E-state index is 12.8. The molecule has 0 saturated carbocycles. The molecule has 2 aromatic rings. The van der Waals surface area contributed by atoms with Crippen molar-refractivity contribution < 1.29 is 19.0 Å². The molecule has 0 radical (unpaired) electrons. The number of carbonyl (C=O) groups is 1. The Bertz CT molecular complexity index is 824. The average molecular weight is 423 g/mol. The van der Waals surface area contributed by atoms with E-state index in [2.05, 4.69) is 10.00 Å². The van der Waals surface area contributed by atoms with Gasteiger partial charge in [0.1, 0.15) is 6.04 Å². The van der Waals surface area contributed by atoms with Gasteiger partial charge in [-0.1, -0.05) is 11.6 Å². The van der Waals surface area contributed by atoms with Crippen molar-refractivity contribution in [2.45, 2.75) is 19.5 Å². The molecule has 9 heteroatoms. The molecule has 158 valence electrons. The third-order valence-corrected chi connectivity index (χ3v) is 5.33.